The third kappa shape index (κ3) is 7.80. The molecule has 0 aromatic rings. The predicted octanol–water partition coefficient (Wildman–Crippen LogP) is 5.94. The lowest BCUT2D eigenvalue weighted by molar-refractivity contribution is -0.293. The summed E-state index contributed by atoms with van der Waals surface area (Å²) in [6.45, 7) is 20.5. The van der Waals surface area contributed by atoms with Gasteiger partial charge in [0.05, 0.1) is 21.3 Å². The maximum Gasteiger partial charge on any atom is 0.220 e. The van der Waals surface area contributed by atoms with Gasteiger partial charge in [0.25, 0.3) is 0 Å². The number of rotatable bonds is 8. The minimum absolute atomic E-state index is 0.0947. The van der Waals surface area contributed by atoms with Gasteiger partial charge in [0.1, 0.15) is 0 Å². The fourth-order valence-electron chi connectivity index (χ4n) is 4.76. The minimum Gasteiger partial charge on any atom is -0.356 e. The molecule has 2 rings (SSSR count). The summed E-state index contributed by atoms with van der Waals surface area (Å²) >= 11 is 0. The highest BCUT2D eigenvalue weighted by atomic mass is 28.3. The van der Waals surface area contributed by atoms with Crippen molar-refractivity contribution in [2.24, 2.45) is 23.2 Å². The summed E-state index contributed by atoms with van der Waals surface area (Å²) in [5.74, 6) is 1.28. The van der Waals surface area contributed by atoms with Crippen molar-refractivity contribution in [3.05, 3.63) is 11.3 Å². The standard InChI is InChI=1S/C25H47NO3Si/c1-9-14-26-23(27)15-20-11-10-19(2)21(22(20)16-30(6,7)8)12-13-25(5)28-17-24(3,4)18-29-25/h16,19-21H,9-15,17-18H2,1-8H3,(H,26,27)/b22-16-/t19-,20+,21+/m1/s1. The summed E-state index contributed by atoms with van der Waals surface area (Å²) in [5.41, 5.74) is 4.25. The van der Waals surface area contributed by atoms with Gasteiger partial charge in [-0.05, 0) is 50.4 Å². The lowest BCUT2D eigenvalue weighted by Gasteiger charge is -2.44. The Bertz CT molecular complexity index is 598. The molecule has 30 heavy (non-hydrogen) atoms. The van der Waals surface area contributed by atoms with Gasteiger partial charge in [-0.1, -0.05) is 58.6 Å². The van der Waals surface area contributed by atoms with Crippen molar-refractivity contribution in [2.75, 3.05) is 19.8 Å². The molecule has 1 aliphatic carbocycles. The van der Waals surface area contributed by atoms with Crippen molar-refractivity contribution < 1.29 is 14.3 Å². The van der Waals surface area contributed by atoms with Gasteiger partial charge in [-0.15, -0.1) is 0 Å². The number of hydrogen-bond donors (Lipinski definition) is 1. The highest BCUT2D eigenvalue weighted by molar-refractivity contribution is 6.81. The van der Waals surface area contributed by atoms with E-state index in [1.54, 1.807) is 5.57 Å². The molecule has 0 bridgehead atoms. The molecular formula is C25H47NO3Si. The van der Waals surface area contributed by atoms with Crippen LogP contribution in [-0.4, -0.2) is 39.5 Å². The Balaban J connectivity index is 2.13. The fraction of sp³-hybridized carbons (Fsp3) is 0.880. The van der Waals surface area contributed by atoms with Crippen molar-refractivity contribution in [2.45, 2.75) is 98.6 Å². The van der Waals surface area contributed by atoms with Gasteiger partial charge in [0.2, 0.25) is 5.91 Å². The average Bonchev–Trinajstić information content (AvgIpc) is 2.64. The fourth-order valence-corrected chi connectivity index (χ4v) is 6.21. The maximum atomic E-state index is 12.5. The zero-order valence-corrected chi connectivity index (χ0v) is 21.9. The molecule has 0 spiro atoms. The van der Waals surface area contributed by atoms with Gasteiger partial charge in [-0.2, -0.15) is 0 Å². The number of nitrogens with one attached hydrogen (secondary N) is 1. The zero-order chi connectivity index (χ0) is 22.6. The second-order valence-electron chi connectivity index (χ2n) is 11.8. The van der Waals surface area contributed by atoms with Crippen LogP contribution in [-0.2, 0) is 14.3 Å². The largest absolute Gasteiger partial charge is 0.356 e. The van der Waals surface area contributed by atoms with Crippen LogP contribution in [0.1, 0.15) is 73.1 Å². The third-order valence-electron chi connectivity index (χ3n) is 6.61. The molecule has 2 fully saturated rings. The van der Waals surface area contributed by atoms with Crippen molar-refractivity contribution in [1.29, 1.82) is 0 Å². The van der Waals surface area contributed by atoms with E-state index in [1.807, 2.05) is 0 Å². The molecule has 0 radical (unpaired) electrons. The molecule has 1 aliphatic heterocycles. The molecule has 5 heteroatoms. The van der Waals surface area contributed by atoms with Crippen LogP contribution in [0.2, 0.25) is 19.6 Å². The van der Waals surface area contributed by atoms with Gasteiger partial charge < -0.3 is 14.8 Å². The molecule has 0 unspecified atom stereocenters. The van der Waals surface area contributed by atoms with Crippen LogP contribution in [0.15, 0.2) is 11.3 Å². The Morgan fingerprint density at radius 3 is 2.37 bits per heavy atom. The number of carbonyl (C=O) groups is 1. The summed E-state index contributed by atoms with van der Waals surface area (Å²) < 4.78 is 12.4. The monoisotopic (exact) mass is 437 g/mol. The Hall–Kier alpha value is -0.653. The third-order valence-corrected chi connectivity index (χ3v) is 7.81. The minimum atomic E-state index is -1.40. The van der Waals surface area contributed by atoms with E-state index in [2.05, 4.69) is 65.3 Å². The Labute approximate surface area is 186 Å². The van der Waals surface area contributed by atoms with E-state index in [9.17, 15) is 4.79 Å². The Morgan fingerprint density at radius 2 is 1.80 bits per heavy atom. The molecule has 3 atom stereocenters. The van der Waals surface area contributed by atoms with E-state index in [0.29, 0.717) is 24.2 Å². The smallest absolute Gasteiger partial charge is 0.220 e. The number of hydrogen-bond acceptors (Lipinski definition) is 3. The molecule has 2 aliphatic rings. The van der Waals surface area contributed by atoms with Crippen LogP contribution in [0.4, 0.5) is 0 Å². The average molecular weight is 438 g/mol. The van der Waals surface area contributed by atoms with E-state index in [4.69, 9.17) is 9.47 Å². The Morgan fingerprint density at radius 1 is 1.17 bits per heavy atom. The second-order valence-corrected chi connectivity index (χ2v) is 16.9. The van der Waals surface area contributed by atoms with Gasteiger partial charge in [0, 0.05) is 24.8 Å². The molecule has 1 N–H and O–H groups in total. The summed E-state index contributed by atoms with van der Waals surface area (Å²) in [6, 6.07) is 0. The molecular weight excluding hydrogens is 390 g/mol. The van der Waals surface area contributed by atoms with Crippen LogP contribution in [0.25, 0.3) is 0 Å². The summed E-state index contributed by atoms with van der Waals surface area (Å²) in [4.78, 5) is 12.5. The van der Waals surface area contributed by atoms with E-state index < -0.39 is 13.9 Å². The van der Waals surface area contributed by atoms with Crippen LogP contribution in [0.3, 0.4) is 0 Å². The van der Waals surface area contributed by atoms with Crippen LogP contribution in [0.5, 0.6) is 0 Å². The lowest BCUT2D eigenvalue weighted by atomic mass is 9.68. The van der Waals surface area contributed by atoms with Crippen molar-refractivity contribution in [1.82, 2.24) is 5.32 Å². The van der Waals surface area contributed by atoms with Gasteiger partial charge >= 0.3 is 0 Å². The number of ether oxygens (including phenoxy) is 2. The quantitative estimate of drug-likeness (QED) is 0.478. The predicted molar refractivity (Wildman–Crippen MR) is 128 cm³/mol. The van der Waals surface area contributed by atoms with Crippen molar-refractivity contribution in [3.8, 4) is 0 Å². The first-order chi connectivity index (χ1) is 13.8. The van der Waals surface area contributed by atoms with Gasteiger partial charge in [-0.3, -0.25) is 4.79 Å². The Kier molecular flexibility index (Phi) is 8.80. The first kappa shape index (κ1) is 25.6. The molecule has 174 valence electrons. The number of amides is 1. The van der Waals surface area contributed by atoms with Gasteiger partial charge in [-0.25, -0.2) is 0 Å². The first-order valence-corrected chi connectivity index (χ1v) is 15.7. The van der Waals surface area contributed by atoms with E-state index >= 15 is 0 Å². The van der Waals surface area contributed by atoms with E-state index in [1.165, 1.54) is 6.42 Å². The maximum absolute atomic E-state index is 12.5. The molecule has 1 saturated carbocycles. The van der Waals surface area contributed by atoms with Crippen LogP contribution < -0.4 is 5.32 Å². The van der Waals surface area contributed by atoms with Crippen molar-refractivity contribution >= 4 is 14.0 Å². The van der Waals surface area contributed by atoms with Crippen LogP contribution in [0, 0.1) is 23.2 Å². The summed E-state index contributed by atoms with van der Waals surface area (Å²) in [5, 5.41) is 3.09. The second kappa shape index (κ2) is 10.3. The van der Waals surface area contributed by atoms with Gasteiger partial charge in [0.15, 0.2) is 5.79 Å². The SMILES string of the molecule is CCCNC(=O)C[C@@H]1CC[C@@H](C)[C@H](CCC2(C)OCC(C)(C)CO2)/C1=C\[Si](C)(C)C. The zero-order valence-electron chi connectivity index (χ0n) is 20.9. The molecule has 1 saturated heterocycles. The highest BCUT2D eigenvalue weighted by Crippen LogP contribution is 2.44. The summed E-state index contributed by atoms with van der Waals surface area (Å²) in [7, 11) is -1.40. The lowest BCUT2D eigenvalue weighted by Crippen LogP contribution is -2.46. The highest BCUT2D eigenvalue weighted by Gasteiger charge is 2.40. The number of carbonyl (C=O) groups excluding carboxylic acids is 1. The molecule has 4 nitrogen and oxygen atoms in total. The molecule has 0 aromatic heterocycles. The van der Waals surface area contributed by atoms with Crippen molar-refractivity contribution in [3.63, 3.8) is 0 Å². The molecule has 1 heterocycles. The first-order valence-electron chi connectivity index (χ1n) is 12.1. The number of allylic oxidation sites excluding steroid dienone is 1. The van der Waals surface area contributed by atoms with E-state index in [0.717, 1.165) is 45.4 Å². The summed E-state index contributed by atoms with van der Waals surface area (Å²) in [6.07, 6.45) is 5.94. The van der Waals surface area contributed by atoms with E-state index in [-0.39, 0.29) is 11.3 Å². The normalized spacial score (nSPS) is 30.3. The molecule has 0 aromatic carbocycles. The molecule has 1 amide bonds. The van der Waals surface area contributed by atoms with Crippen LogP contribution >= 0.6 is 0 Å². The topological polar surface area (TPSA) is 47.6 Å².